The number of primary sulfonamides is 1. The molecule has 31 heavy (non-hydrogen) atoms. The lowest BCUT2D eigenvalue weighted by Gasteiger charge is -2.26. The van der Waals surface area contributed by atoms with Crippen LogP contribution in [0.1, 0.15) is 35.2 Å². The third kappa shape index (κ3) is 5.83. The molecule has 168 valence electrons. The van der Waals surface area contributed by atoms with Gasteiger partial charge in [-0.25, -0.2) is 22.0 Å². The van der Waals surface area contributed by atoms with Gasteiger partial charge in [0, 0.05) is 25.2 Å². The largest absolute Gasteiger partial charge is 0.352 e. The fourth-order valence-corrected chi connectivity index (χ4v) is 5.89. The minimum absolute atomic E-state index is 0.0175. The first kappa shape index (κ1) is 23.7. The summed E-state index contributed by atoms with van der Waals surface area (Å²) >= 11 is 6.14. The Balaban J connectivity index is 1.66. The van der Waals surface area contributed by atoms with Gasteiger partial charge in [0.15, 0.2) is 0 Å². The molecule has 1 amide bonds. The van der Waals surface area contributed by atoms with Gasteiger partial charge in [0.2, 0.25) is 20.0 Å². The van der Waals surface area contributed by atoms with Crippen LogP contribution in [0.15, 0.2) is 52.3 Å². The number of hydrogen-bond acceptors (Lipinski definition) is 5. The van der Waals surface area contributed by atoms with E-state index in [9.17, 15) is 21.6 Å². The fourth-order valence-electron chi connectivity index (χ4n) is 3.35. The number of hydrogen-bond donors (Lipinski definition) is 2. The fraction of sp³-hybridized carbons (Fsp3) is 0.350. The minimum atomic E-state index is -3.77. The summed E-state index contributed by atoms with van der Waals surface area (Å²) in [6.45, 7) is 1.17. The molecule has 1 aliphatic rings. The Morgan fingerprint density at radius 3 is 2.26 bits per heavy atom. The van der Waals surface area contributed by atoms with E-state index >= 15 is 0 Å². The van der Waals surface area contributed by atoms with Crippen LogP contribution in [0.3, 0.4) is 0 Å². The highest BCUT2D eigenvalue weighted by Crippen LogP contribution is 2.27. The molecule has 1 heterocycles. The Bertz CT molecular complexity index is 1160. The maximum absolute atomic E-state index is 12.9. The summed E-state index contributed by atoms with van der Waals surface area (Å²) < 4.78 is 49.9. The van der Waals surface area contributed by atoms with Crippen LogP contribution in [-0.4, -0.2) is 46.7 Å². The van der Waals surface area contributed by atoms with Crippen molar-refractivity contribution in [3.8, 4) is 0 Å². The predicted molar refractivity (Wildman–Crippen MR) is 118 cm³/mol. The minimum Gasteiger partial charge on any atom is -0.352 e. The Kier molecular flexibility index (Phi) is 7.38. The number of rotatable bonds is 7. The average Bonchev–Trinajstić information content (AvgIpc) is 2.74. The van der Waals surface area contributed by atoms with Gasteiger partial charge in [-0.2, -0.15) is 4.31 Å². The molecule has 0 atom stereocenters. The summed E-state index contributed by atoms with van der Waals surface area (Å²) in [6.07, 6.45) is 3.06. The Morgan fingerprint density at radius 2 is 1.65 bits per heavy atom. The van der Waals surface area contributed by atoms with Gasteiger partial charge in [0.05, 0.1) is 9.92 Å². The van der Waals surface area contributed by atoms with Gasteiger partial charge in [-0.05, 0) is 55.2 Å². The normalized spacial score (nSPS) is 15.5. The molecule has 0 spiro atoms. The number of halogens is 1. The Hall–Kier alpha value is -1.98. The Labute approximate surface area is 187 Å². The molecular formula is C20H24ClN3O5S2. The van der Waals surface area contributed by atoms with Crippen molar-refractivity contribution in [2.24, 2.45) is 5.14 Å². The van der Waals surface area contributed by atoms with Crippen molar-refractivity contribution in [3.05, 3.63) is 58.6 Å². The third-order valence-electron chi connectivity index (χ3n) is 5.08. The van der Waals surface area contributed by atoms with Gasteiger partial charge in [0.1, 0.15) is 4.90 Å². The number of carbonyl (C=O) groups is 1. The zero-order valence-corrected chi connectivity index (χ0v) is 19.1. The van der Waals surface area contributed by atoms with Gasteiger partial charge in [-0.1, -0.05) is 30.2 Å². The van der Waals surface area contributed by atoms with Crippen molar-refractivity contribution in [1.82, 2.24) is 9.62 Å². The van der Waals surface area contributed by atoms with E-state index in [1.54, 1.807) is 12.1 Å². The Morgan fingerprint density at radius 1 is 1.00 bits per heavy atom. The number of amides is 1. The van der Waals surface area contributed by atoms with Crippen molar-refractivity contribution >= 4 is 37.6 Å². The number of nitrogens with two attached hydrogens (primary N) is 1. The third-order valence-corrected chi connectivity index (χ3v) is 8.39. The van der Waals surface area contributed by atoms with Crippen molar-refractivity contribution in [2.75, 3.05) is 19.6 Å². The lowest BCUT2D eigenvalue weighted by Crippen LogP contribution is -2.36. The standard InChI is InChI=1S/C20H24ClN3O5S2/c21-18-9-6-16(14-19(18)31(28,29)24-12-2-1-3-13-24)20(25)23-11-10-15-4-7-17(8-5-15)30(22,26)27/h4-9,14H,1-3,10-13H2,(H,23,25)(H2,22,26,27). The van der Waals surface area contributed by atoms with Crippen LogP contribution in [0.4, 0.5) is 0 Å². The number of benzene rings is 2. The maximum Gasteiger partial charge on any atom is 0.251 e. The summed E-state index contributed by atoms with van der Waals surface area (Å²) in [4.78, 5) is 12.5. The molecule has 1 aliphatic heterocycles. The molecule has 0 unspecified atom stereocenters. The smallest absolute Gasteiger partial charge is 0.251 e. The zero-order chi connectivity index (χ0) is 22.6. The van der Waals surface area contributed by atoms with Gasteiger partial charge in [0.25, 0.3) is 5.91 Å². The second kappa shape index (κ2) is 9.66. The molecule has 0 aromatic heterocycles. The second-order valence-electron chi connectivity index (χ2n) is 7.30. The van der Waals surface area contributed by atoms with Gasteiger partial charge < -0.3 is 5.32 Å². The highest BCUT2D eigenvalue weighted by atomic mass is 35.5. The quantitative estimate of drug-likeness (QED) is 0.621. The maximum atomic E-state index is 12.9. The molecule has 0 saturated carbocycles. The predicted octanol–water partition coefficient (Wildman–Crippen LogP) is 2.13. The molecule has 2 aromatic carbocycles. The lowest BCUT2D eigenvalue weighted by atomic mass is 10.1. The van der Waals surface area contributed by atoms with E-state index in [-0.39, 0.29) is 26.9 Å². The molecule has 11 heteroatoms. The number of piperidine rings is 1. The average molecular weight is 486 g/mol. The molecular weight excluding hydrogens is 462 g/mol. The van der Waals surface area contributed by atoms with Crippen LogP contribution in [0.25, 0.3) is 0 Å². The van der Waals surface area contributed by atoms with Crippen molar-refractivity contribution < 1.29 is 21.6 Å². The number of nitrogens with one attached hydrogen (secondary N) is 1. The molecule has 2 aromatic rings. The van der Waals surface area contributed by atoms with Gasteiger partial charge >= 0.3 is 0 Å². The number of nitrogens with zero attached hydrogens (tertiary/aromatic N) is 1. The van der Waals surface area contributed by atoms with Crippen LogP contribution in [0.2, 0.25) is 5.02 Å². The highest BCUT2D eigenvalue weighted by molar-refractivity contribution is 7.89. The van der Waals surface area contributed by atoms with Crippen LogP contribution in [0.5, 0.6) is 0 Å². The topological polar surface area (TPSA) is 127 Å². The van der Waals surface area contributed by atoms with E-state index < -0.39 is 26.0 Å². The molecule has 1 saturated heterocycles. The van der Waals surface area contributed by atoms with Gasteiger partial charge in [-0.3, -0.25) is 4.79 Å². The van der Waals surface area contributed by atoms with E-state index in [2.05, 4.69) is 5.32 Å². The summed E-state index contributed by atoms with van der Waals surface area (Å²) in [7, 11) is -7.52. The SMILES string of the molecule is NS(=O)(=O)c1ccc(CCNC(=O)c2ccc(Cl)c(S(=O)(=O)N3CCCCC3)c2)cc1. The van der Waals surface area contributed by atoms with E-state index in [1.807, 2.05) is 0 Å². The van der Waals surface area contributed by atoms with Crippen molar-refractivity contribution in [3.63, 3.8) is 0 Å². The summed E-state index contributed by atoms with van der Waals surface area (Å²) in [5.74, 6) is -0.423. The first-order valence-corrected chi connectivity index (χ1v) is 13.1. The first-order valence-electron chi connectivity index (χ1n) is 9.79. The molecule has 3 rings (SSSR count). The first-order chi connectivity index (χ1) is 14.6. The summed E-state index contributed by atoms with van der Waals surface area (Å²) in [5, 5.41) is 7.89. The van der Waals surface area contributed by atoms with Crippen LogP contribution in [-0.2, 0) is 26.5 Å². The van der Waals surface area contributed by atoms with E-state index in [0.29, 0.717) is 19.5 Å². The zero-order valence-electron chi connectivity index (χ0n) is 16.8. The van der Waals surface area contributed by atoms with Crippen molar-refractivity contribution in [2.45, 2.75) is 35.5 Å². The second-order valence-corrected chi connectivity index (χ2v) is 11.2. The van der Waals surface area contributed by atoms with Crippen LogP contribution < -0.4 is 10.5 Å². The van der Waals surface area contributed by atoms with E-state index in [4.69, 9.17) is 16.7 Å². The molecule has 0 bridgehead atoms. The lowest BCUT2D eigenvalue weighted by molar-refractivity contribution is 0.0954. The molecule has 3 N–H and O–H groups in total. The van der Waals surface area contributed by atoms with Gasteiger partial charge in [-0.15, -0.1) is 0 Å². The van der Waals surface area contributed by atoms with Crippen LogP contribution in [0, 0.1) is 0 Å². The van der Waals surface area contributed by atoms with Crippen LogP contribution >= 0.6 is 11.6 Å². The molecule has 0 radical (unpaired) electrons. The number of sulfonamides is 2. The molecule has 0 aliphatic carbocycles. The van der Waals surface area contributed by atoms with Crippen molar-refractivity contribution in [1.29, 1.82) is 0 Å². The summed E-state index contributed by atoms with van der Waals surface area (Å²) in [5.41, 5.74) is 1.02. The molecule has 8 nitrogen and oxygen atoms in total. The monoisotopic (exact) mass is 485 g/mol. The van der Waals surface area contributed by atoms with E-state index in [0.717, 1.165) is 24.8 Å². The molecule has 1 fully saturated rings. The highest BCUT2D eigenvalue weighted by Gasteiger charge is 2.28. The number of carbonyl (C=O) groups excluding carboxylic acids is 1. The summed E-state index contributed by atoms with van der Waals surface area (Å²) in [6, 6.07) is 10.3. The van der Waals surface area contributed by atoms with E-state index in [1.165, 1.54) is 34.6 Å².